The van der Waals surface area contributed by atoms with Gasteiger partial charge in [0.2, 0.25) is 0 Å². The summed E-state index contributed by atoms with van der Waals surface area (Å²) in [5.41, 5.74) is 0. The third-order valence-corrected chi connectivity index (χ3v) is 3.54. The molecule has 3 unspecified atom stereocenters. The smallest absolute Gasteiger partial charge is 0.191 e. The van der Waals surface area contributed by atoms with Gasteiger partial charge in [-0.05, 0) is 12.1 Å². The molecule has 0 radical (unpaired) electrons. The predicted molar refractivity (Wildman–Crippen MR) is 58.9 cm³/mol. The number of para-hydroxylation sites is 1. The van der Waals surface area contributed by atoms with Gasteiger partial charge in [0, 0.05) is 18.4 Å². The van der Waals surface area contributed by atoms with Crippen LogP contribution in [0.5, 0.6) is 5.75 Å². The van der Waals surface area contributed by atoms with E-state index in [9.17, 15) is 8.78 Å². The van der Waals surface area contributed by atoms with Crippen molar-refractivity contribution < 1.29 is 18.3 Å². The van der Waals surface area contributed by atoms with Gasteiger partial charge in [-0.1, -0.05) is 22.0 Å². The Bertz CT molecular complexity index is 366. The number of hydrogen-bond donors (Lipinski definition) is 0. The highest BCUT2D eigenvalue weighted by atomic mass is 79.9. The van der Waals surface area contributed by atoms with Crippen molar-refractivity contribution in [3.8, 4) is 5.75 Å². The number of rotatable bonds is 3. The fourth-order valence-corrected chi connectivity index (χ4v) is 2.61. The first-order valence-corrected chi connectivity index (χ1v) is 5.82. The molecule has 2 rings (SSSR count). The maximum Gasteiger partial charge on any atom is 0.191 e. The molecular formula is C11H11BrF2O2. The molecule has 1 saturated carbocycles. The Hall–Kier alpha value is -0.680. The van der Waals surface area contributed by atoms with Crippen LogP contribution in [0.15, 0.2) is 18.2 Å². The second-order valence-corrected chi connectivity index (χ2v) is 4.84. The van der Waals surface area contributed by atoms with Gasteiger partial charge in [-0.25, -0.2) is 8.78 Å². The maximum absolute atomic E-state index is 13.3. The summed E-state index contributed by atoms with van der Waals surface area (Å²) in [6, 6.07) is 3.65. The number of methoxy groups -OCH3 is 1. The Balaban J connectivity index is 2.10. The van der Waals surface area contributed by atoms with Crippen LogP contribution in [0.25, 0.3) is 0 Å². The highest BCUT2D eigenvalue weighted by Crippen LogP contribution is 2.35. The van der Waals surface area contributed by atoms with Crippen LogP contribution in [0.4, 0.5) is 8.78 Å². The van der Waals surface area contributed by atoms with Crippen LogP contribution in [0, 0.1) is 11.6 Å². The van der Waals surface area contributed by atoms with Gasteiger partial charge in [-0.2, -0.15) is 0 Å². The minimum absolute atomic E-state index is 0.168. The van der Waals surface area contributed by atoms with Gasteiger partial charge in [0.15, 0.2) is 17.4 Å². The van der Waals surface area contributed by atoms with Crippen molar-refractivity contribution in [3.05, 3.63) is 29.8 Å². The van der Waals surface area contributed by atoms with Crippen molar-refractivity contribution in [2.45, 2.75) is 23.5 Å². The maximum atomic E-state index is 13.3. The normalized spacial score (nSPS) is 28.6. The van der Waals surface area contributed by atoms with E-state index in [0.717, 1.165) is 0 Å². The molecule has 0 N–H and O–H groups in total. The number of halogens is 3. The molecule has 1 aromatic carbocycles. The van der Waals surface area contributed by atoms with Gasteiger partial charge >= 0.3 is 0 Å². The van der Waals surface area contributed by atoms with Crippen molar-refractivity contribution in [2.75, 3.05) is 7.11 Å². The van der Waals surface area contributed by atoms with Crippen LogP contribution in [0.1, 0.15) is 6.42 Å². The highest BCUT2D eigenvalue weighted by molar-refractivity contribution is 9.09. The van der Waals surface area contributed by atoms with E-state index < -0.39 is 11.6 Å². The number of alkyl halides is 1. The quantitative estimate of drug-likeness (QED) is 0.798. The summed E-state index contributed by atoms with van der Waals surface area (Å²) in [5, 5.41) is 0. The largest absolute Gasteiger partial charge is 0.482 e. The Labute approximate surface area is 101 Å². The summed E-state index contributed by atoms with van der Waals surface area (Å²) < 4.78 is 37.0. The van der Waals surface area contributed by atoms with Crippen molar-refractivity contribution in [3.63, 3.8) is 0 Å². The monoisotopic (exact) mass is 292 g/mol. The van der Waals surface area contributed by atoms with Gasteiger partial charge in [-0.15, -0.1) is 0 Å². The summed E-state index contributed by atoms with van der Waals surface area (Å²) in [7, 11) is 1.55. The minimum Gasteiger partial charge on any atom is -0.482 e. The molecule has 5 heteroatoms. The molecule has 0 heterocycles. The summed E-state index contributed by atoms with van der Waals surface area (Å²) in [4.78, 5) is 0.178. The van der Waals surface area contributed by atoms with Crippen molar-refractivity contribution in [1.82, 2.24) is 0 Å². The van der Waals surface area contributed by atoms with E-state index in [2.05, 4.69) is 15.9 Å². The topological polar surface area (TPSA) is 18.5 Å². The minimum atomic E-state index is -0.687. The standard InChI is InChI=1S/C11H11BrF2O2/c1-15-10-6(12)5-9(10)16-11-7(13)3-2-4-8(11)14/h2-4,6,9-10H,5H2,1H3. The average Bonchev–Trinajstić information content (AvgIpc) is 2.22. The van der Waals surface area contributed by atoms with E-state index in [-0.39, 0.29) is 22.8 Å². The van der Waals surface area contributed by atoms with Gasteiger partial charge in [0.1, 0.15) is 12.2 Å². The first-order valence-electron chi connectivity index (χ1n) is 4.91. The molecule has 0 spiro atoms. The van der Waals surface area contributed by atoms with Gasteiger partial charge in [0.25, 0.3) is 0 Å². The molecule has 1 fully saturated rings. The van der Waals surface area contributed by atoms with Gasteiger partial charge < -0.3 is 9.47 Å². The first kappa shape index (κ1) is 11.8. The van der Waals surface area contributed by atoms with E-state index in [4.69, 9.17) is 9.47 Å². The molecular weight excluding hydrogens is 282 g/mol. The predicted octanol–water partition coefficient (Wildman–Crippen LogP) is 2.89. The van der Waals surface area contributed by atoms with Crippen LogP contribution >= 0.6 is 15.9 Å². The third-order valence-electron chi connectivity index (χ3n) is 2.64. The lowest BCUT2D eigenvalue weighted by atomic mass is 9.91. The zero-order valence-electron chi connectivity index (χ0n) is 8.62. The van der Waals surface area contributed by atoms with Crippen molar-refractivity contribution >= 4 is 15.9 Å². The zero-order valence-corrected chi connectivity index (χ0v) is 10.2. The Kier molecular flexibility index (Phi) is 3.44. The second kappa shape index (κ2) is 4.67. The summed E-state index contributed by atoms with van der Waals surface area (Å²) in [5.74, 6) is -1.70. The summed E-state index contributed by atoms with van der Waals surface area (Å²) in [6.07, 6.45) is 0.200. The van der Waals surface area contributed by atoms with Crippen molar-refractivity contribution in [2.24, 2.45) is 0 Å². The molecule has 2 nitrogen and oxygen atoms in total. The van der Waals surface area contributed by atoms with Crippen LogP contribution < -0.4 is 4.74 Å². The highest BCUT2D eigenvalue weighted by Gasteiger charge is 2.42. The SMILES string of the molecule is COC1C(Br)CC1Oc1c(F)cccc1F. The zero-order chi connectivity index (χ0) is 11.7. The number of benzene rings is 1. The molecule has 88 valence electrons. The summed E-state index contributed by atoms with van der Waals surface area (Å²) >= 11 is 3.39. The Morgan fingerprint density at radius 2 is 1.94 bits per heavy atom. The molecule has 1 aliphatic rings. The lowest BCUT2D eigenvalue weighted by molar-refractivity contribution is -0.0571. The molecule has 0 aromatic heterocycles. The van der Waals surface area contributed by atoms with Crippen LogP contribution in [0.2, 0.25) is 0 Å². The third kappa shape index (κ3) is 2.06. The van der Waals surface area contributed by atoms with Crippen LogP contribution in [0.3, 0.4) is 0 Å². The van der Waals surface area contributed by atoms with E-state index >= 15 is 0 Å². The molecule has 1 aromatic rings. The fraction of sp³-hybridized carbons (Fsp3) is 0.455. The second-order valence-electron chi connectivity index (χ2n) is 3.66. The molecule has 16 heavy (non-hydrogen) atoms. The number of hydrogen-bond acceptors (Lipinski definition) is 2. The first-order chi connectivity index (χ1) is 7.63. The Morgan fingerprint density at radius 1 is 1.31 bits per heavy atom. The van der Waals surface area contributed by atoms with Crippen LogP contribution in [-0.4, -0.2) is 24.1 Å². The van der Waals surface area contributed by atoms with Crippen LogP contribution in [-0.2, 0) is 4.74 Å². The molecule has 1 aliphatic carbocycles. The summed E-state index contributed by atoms with van der Waals surface area (Å²) in [6.45, 7) is 0. The van der Waals surface area contributed by atoms with Gasteiger partial charge in [0.05, 0.1) is 0 Å². The van der Waals surface area contributed by atoms with E-state index in [1.807, 2.05) is 0 Å². The van der Waals surface area contributed by atoms with E-state index in [0.29, 0.717) is 6.42 Å². The Morgan fingerprint density at radius 3 is 2.44 bits per heavy atom. The molecule has 3 atom stereocenters. The molecule has 0 amide bonds. The van der Waals surface area contributed by atoms with Crippen molar-refractivity contribution in [1.29, 1.82) is 0 Å². The molecule has 0 bridgehead atoms. The molecule has 0 aliphatic heterocycles. The average molecular weight is 293 g/mol. The lowest BCUT2D eigenvalue weighted by Crippen LogP contribution is -2.52. The number of ether oxygens (including phenoxy) is 2. The molecule has 0 saturated heterocycles. The fourth-order valence-electron chi connectivity index (χ4n) is 1.69. The lowest BCUT2D eigenvalue weighted by Gasteiger charge is -2.40. The van der Waals surface area contributed by atoms with Gasteiger partial charge in [-0.3, -0.25) is 0 Å². The van der Waals surface area contributed by atoms with E-state index in [1.54, 1.807) is 7.11 Å². The van der Waals surface area contributed by atoms with E-state index in [1.165, 1.54) is 18.2 Å².